The van der Waals surface area contributed by atoms with Gasteiger partial charge in [0.15, 0.2) is 6.61 Å². The zero-order valence-corrected chi connectivity index (χ0v) is 16.4. The van der Waals surface area contributed by atoms with E-state index < -0.39 is 21.8 Å². The number of benzene rings is 1. The lowest BCUT2D eigenvalue weighted by Crippen LogP contribution is -2.40. The van der Waals surface area contributed by atoms with Crippen molar-refractivity contribution >= 4 is 16.0 Å². The van der Waals surface area contributed by atoms with E-state index in [4.69, 9.17) is 14.0 Å². The van der Waals surface area contributed by atoms with Crippen LogP contribution in [0.25, 0.3) is 11.4 Å². The Morgan fingerprint density at radius 3 is 2.70 bits per heavy atom. The summed E-state index contributed by atoms with van der Waals surface area (Å²) in [7, 11) is -3.73. The van der Waals surface area contributed by atoms with Crippen molar-refractivity contribution in [3.05, 3.63) is 53.9 Å². The van der Waals surface area contributed by atoms with Crippen molar-refractivity contribution in [2.24, 2.45) is 0 Å². The number of aromatic nitrogens is 3. The molecule has 0 radical (unpaired) electrons. The zero-order chi connectivity index (χ0) is 21.1. The molecule has 10 nitrogen and oxygen atoms in total. The van der Waals surface area contributed by atoms with E-state index in [-0.39, 0.29) is 42.0 Å². The van der Waals surface area contributed by atoms with E-state index in [1.807, 2.05) is 0 Å². The number of nitrogens with one attached hydrogen (secondary N) is 1. The molecule has 0 saturated carbocycles. The van der Waals surface area contributed by atoms with Crippen LogP contribution in [0.5, 0.6) is 0 Å². The highest BCUT2D eigenvalue weighted by atomic mass is 32.2. The number of H-pyrrole nitrogens is 1. The maximum atomic E-state index is 13.0. The quantitative estimate of drug-likeness (QED) is 0.577. The van der Waals surface area contributed by atoms with Gasteiger partial charge in [-0.25, -0.2) is 17.6 Å². The first-order valence-corrected chi connectivity index (χ1v) is 10.4. The van der Waals surface area contributed by atoms with Crippen LogP contribution in [0.15, 0.2) is 45.9 Å². The fraction of sp³-hybridized carbons (Fsp3) is 0.278. The van der Waals surface area contributed by atoms with Crippen molar-refractivity contribution in [2.45, 2.75) is 11.5 Å². The summed E-state index contributed by atoms with van der Waals surface area (Å²) in [6.45, 7) is 0.838. The summed E-state index contributed by atoms with van der Waals surface area (Å²) in [6, 6.07) is 6.72. The summed E-state index contributed by atoms with van der Waals surface area (Å²) in [4.78, 5) is 18.9. The Hall–Kier alpha value is -3.09. The number of carbonyl (C=O) groups is 1. The van der Waals surface area contributed by atoms with E-state index in [1.165, 1.54) is 40.8 Å². The van der Waals surface area contributed by atoms with Crippen molar-refractivity contribution in [1.29, 1.82) is 0 Å². The number of morpholine rings is 1. The topological polar surface area (TPSA) is 128 Å². The van der Waals surface area contributed by atoms with E-state index in [9.17, 15) is 17.6 Å². The maximum absolute atomic E-state index is 13.0. The molecule has 1 saturated heterocycles. The van der Waals surface area contributed by atoms with Gasteiger partial charge in [0, 0.05) is 24.8 Å². The lowest BCUT2D eigenvalue weighted by molar-refractivity contribution is 0.0423. The molecule has 0 amide bonds. The Kier molecular flexibility index (Phi) is 5.61. The standard InChI is InChI=1S/C18H17FN4O6S/c19-13-3-1-12(2-4-13)17-21-16(29-22-17)11-28-18(24)15-9-14(10-20-15)30(25,26)23-5-7-27-8-6-23/h1-4,9-10,20H,5-8,11H2. The number of halogens is 1. The van der Waals surface area contributed by atoms with Crippen LogP contribution < -0.4 is 0 Å². The second kappa shape index (κ2) is 8.34. The molecule has 1 aliphatic rings. The highest BCUT2D eigenvalue weighted by Crippen LogP contribution is 2.19. The van der Waals surface area contributed by atoms with Crippen LogP contribution in [0.2, 0.25) is 0 Å². The van der Waals surface area contributed by atoms with Gasteiger partial charge in [-0.1, -0.05) is 5.16 Å². The number of aromatic amines is 1. The number of sulfonamides is 1. The first-order chi connectivity index (χ1) is 14.4. The van der Waals surface area contributed by atoms with Crippen LogP contribution in [0, 0.1) is 5.82 Å². The molecular weight excluding hydrogens is 419 g/mol. The average Bonchev–Trinajstić information content (AvgIpc) is 3.44. The van der Waals surface area contributed by atoms with Crippen LogP contribution in [0.3, 0.4) is 0 Å². The van der Waals surface area contributed by atoms with Gasteiger partial charge in [-0.3, -0.25) is 0 Å². The molecule has 0 unspecified atom stereocenters. The molecule has 1 aliphatic heterocycles. The molecule has 4 rings (SSSR count). The summed E-state index contributed by atoms with van der Waals surface area (Å²) in [5.74, 6) is -0.910. The molecular formula is C18H17FN4O6S. The Bertz CT molecular complexity index is 1140. The molecule has 1 aromatic carbocycles. The molecule has 3 aromatic rings. The normalized spacial score (nSPS) is 15.2. The van der Waals surface area contributed by atoms with Crippen LogP contribution in [-0.4, -0.2) is 60.1 Å². The number of hydrogen-bond donors (Lipinski definition) is 1. The predicted molar refractivity (Wildman–Crippen MR) is 99.2 cm³/mol. The number of carbonyl (C=O) groups excluding carboxylic acids is 1. The lowest BCUT2D eigenvalue weighted by atomic mass is 10.2. The summed E-state index contributed by atoms with van der Waals surface area (Å²) in [5, 5.41) is 3.75. The summed E-state index contributed by atoms with van der Waals surface area (Å²) >= 11 is 0. The van der Waals surface area contributed by atoms with Gasteiger partial charge >= 0.3 is 5.97 Å². The third-order valence-electron chi connectivity index (χ3n) is 4.38. The highest BCUT2D eigenvalue weighted by Gasteiger charge is 2.28. The summed E-state index contributed by atoms with van der Waals surface area (Å²) in [6.07, 6.45) is 1.24. The van der Waals surface area contributed by atoms with Crippen LogP contribution in [-0.2, 0) is 26.1 Å². The van der Waals surface area contributed by atoms with Gasteiger partial charge in [-0.05, 0) is 30.3 Å². The van der Waals surface area contributed by atoms with Crippen molar-refractivity contribution < 1.29 is 31.6 Å². The Morgan fingerprint density at radius 1 is 1.23 bits per heavy atom. The minimum absolute atomic E-state index is 0.0277. The second-order valence-electron chi connectivity index (χ2n) is 6.36. The first kappa shape index (κ1) is 20.2. The second-order valence-corrected chi connectivity index (χ2v) is 8.30. The molecule has 1 fully saturated rings. The Labute approximate surface area is 170 Å². The third kappa shape index (κ3) is 4.25. The highest BCUT2D eigenvalue weighted by molar-refractivity contribution is 7.89. The van der Waals surface area contributed by atoms with Crippen molar-refractivity contribution in [3.8, 4) is 11.4 Å². The number of hydrogen-bond acceptors (Lipinski definition) is 8. The van der Waals surface area contributed by atoms with E-state index in [0.717, 1.165) is 0 Å². The predicted octanol–water partition coefficient (Wildman–Crippen LogP) is 1.58. The minimum Gasteiger partial charge on any atom is -0.451 e. The summed E-state index contributed by atoms with van der Waals surface area (Å²) in [5.41, 5.74) is 0.514. The van der Waals surface area contributed by atoms with Crippen molar-refractivity contribution in [1.82, 2.24) is 19.4 Å². The van der Waals surface area contributed by atoms with Gasteiger partial charge in [-0.15, -0.1) is 0 Å². The van der Waals surface area contributed by atoms with E-state index in [2.05, 4.69) is 15.1 Å². The smallest absolute Gasteiger partial charge is 0.355 e. The molecule has 0 spiro atoms. The molecule has 0 atom stereocenters. The average molecular weight is 436 g/mol. The number of nitrogens with zero attached hydrogens (tertiary/aromatic N) is 3. The van der Waals surface area contributed by atoms with Crippen molar-refractivity contribution in [2.75, 3.05) is 26.3 Å². The van der Waals surface area contributed by atoms with Crippen LogP contribution in [0.4, 0.5) is 4.39 Å². The van der Waals surface area contributed by atoms with Gasteiger partial charge in [0.1, 0.15) is 16.4 Å². The van der Waals surface area contributed by atoms with Gasteiger partial charge in [0.2, 0.25) is 15.8 Å². The maximum Gasteiger partial charge on any atom is 0.355 e. The Morgan fingerprint density at radius 2 is 1.97 bits per heavy atom. The fourth-order valence-corrected chi connectivity index (χ4v) is 4.21. The fourth-order valence-electron chi connectivity index (χ4n) is 2.81. The van der Waals surface area contributed by atoms with E-state index >= 15 is 0 Å². The first-order valence-electron chi connectivity index (χ1n) is 8.95. The van der Waals surface area contributed by atoms with Crippen molar-refractivity contribution in [3.63, 3.8) is 0 Å². The molecule has 158 valence electrons. The van der Waals surface area contributed by atoms with E-state index in [0.29, 0.717) is 18.8 Å². The van der Waals surface area contributed by atoms with E-state index in [1.54, 1.807) is 0 Å². The van der Waals surface area contributed by atoms with Crippen LogP contribution in [0.1, 0.15) is 16.4 Å². The SMILES string of the molecule is O=C(OCc1nc(-c2ccc(F)cc2)no1)c1cc(S(=O)(=O)N2CCOCC2)c[nH]1. The molecule has 30 heavy (non-hydrogen) atoms. The lowest BCUT2D eigenvalue weighted by Gasteiger charge is -2.25. The third-order valence-corrected chi connectivity index (χ3v) is 6.26. The van der Waals surface area contributed by atoms with Gasteiger partial charge < -0.3 is 19.0 Å². The summed E-state index contributed by atoms with van der Waals surface area (Å²) < 4.78 is 54.8. The number of rotatable bonds is 6. The molecule has 0 aliphatic carbocycles. The van der Waals surface area contributed by atoms with Gasteiger partial charge in [0.25, 0.3) is 5.89 Å². The van der Waals surface area contributed by atoms with Crippen LogP contribution >= 0.6 is 0 Å². The largest absolute Gasteiger partial charge is 0.451 e. The zero-order valence-electron chi connectivity index (χ0n) is 15.6. The minimum atomic E-state index is -3.73. The monoisotopic (exact) mass is 436 g/mol. The molecule has 0 bridgehead atoms. The number of ether oxygens (including phenoxy) is 2. The van der Waals surface area contributed by atoms with Gasteiger partial charge in [0.05, 0.1) is 13.2 Å². The van der Waals surface area contributed by atoms with Gasteiger partial charge in [-0.2, -0.15) is 9.29 Å². The number of esters is 1. The molecule has 12 heteroatoms. The molecule has 1 N–H and O–H groups in total. The molecule has 2 aromatic heterocycles. The Balaban J connectivity index is 1.39. The molecule has 3 heterocycles.